The summed E-state index contributed by atoms with van der Waals surface area (Å²) in [5.74, 6) is -0.841. The fourth-order valence-corrected chi connectivity index (χ4v) is 1.35. The lowest BCUT2D eigenvalue weighted by Crippen LogP contribution is -2.15. The van der Waals surface area contributed by atoms with Gasteiger partial charge in [0.05, 0.1) is 12.8 Å². The molecule has 82 valence electrons. The second kappa shape index (κ2) is 5.11. The molecule has 0 aliphatic heterocycles. The van der Waals surface area contributed by atoms with Crippen molar-refractivity contribution >= 4 is 27.6 Å². The Balaban J connectivity index is 2.77. The van der Waals surface area contributed by atoms with E-state index in [1.54, 1.807) is 6.07 Å². The van der Waals surface area contributed by atoms with Gasteiger partial charge in [-0.2, -0.15) is 0 Å². The van der Waals surface area contributed by atoms with Crippen molar-refractivity contribution in [1.82, 2.24) is 0 Å². The number of nitrogens with one attached hydrogen (secondary N) is 1. The van der Waals surface area contributed by atoms with E-state index >= 15 is 0 Å². The van der Waals surface area contributed by atoms with Crippen LogP contribution in [0.15, 0.2) is 16.6 Å². The lowest BCUT2D eigenvalue weighted by Gasteiger charge is -2.08. The number of anilines is 1. The molecule has 0 amide bonds. The largest absolute Gasteiger partial charge is 0.468 e. The minimum Gasteiger partial charge on any atom is -0.468 e. The monoisotopic (exact) mass is 275 g/mol. The summed E-state index contributed by atoms with van der Waals surface area (Å²) in [5.41, 5.74) is 1.19. The quantitative estimate of drug-likeness (QED) is 0.862. The van der Waals surface area contributed by atoms with E-state index in [4.69, 9.17) is 0 Å². The molecule has 0 radical (unpaired) electrons. The van der Waals surface area contributed by atoms with Crippen molar-refractivity contribution < 1.29 is 13.9 Å². The van der Waals surface area contributed by atoms with E-state index in [0.717, 1.165) is 5.56 Å². The number of methoxy groups -OCH3 is 1. The molecule has 5 heteroatoms. The first-order chi connectivity index (χ1) is 7.04. The smallest absolute Gasteiger partial charge is 0.325 e. The molecule has 0 spiro atoms. The maximum atomic E-state index is 13.3. The zero-order valence-corrected chi connectivity index (χ0v) is 10.0. The second-order valence-corrected chi connectivity index (χ2v) is 3.87. The minimum atomic E-state index is -0.435. The first kappa shape index (κ1) is 12.0. The lowest BCUT2D eigenvalue weighted by molar-refractivity contribution is -0.138. The molecule has 0 unspecified atom stereocenters. The standard InChI is InChI=1S/C10H11BrFNO2/c1-6-3-9(8(12)4-7(6)11)13-5-10(14)15-2/h3-4,13H,5H2,1-2H3. The molecule has 0 aliphatic carbocycles. The van der Waals surface area contributed by atoms with E-state index in [0.29, 0.717) is 10.2 Å². The van der Waals surface area contributed by atoms with Crippen LogP contribution in [0.4, 0.5) is 10.1 Å². The fraction of sp³-hybridized carbons (Fsp3) is 0.300. The van der Waals surface area contributed by atoms with Gasteiger partial charge in [-0.25, -0.2) is 4.39 Å². The van der Waals surface area contributed by atoms with Crippen LogP contribution in [-0.2, 0) is 9.53 Å². The predicted octanol–water partition coefficient (Wildman–Crippen LogP) is 2.48. The van der Waals surface area contributed by atoms with E-state index in [9.17, 15) is 9.18 Å². The first-order valence-electron chi connectivity index (χ1n) is 4.31. The Bertz CT molecular complexity index is 382. The molecule has 1 aromatic rings. The van der Waals surface area contributed by atoms with Crippen LogP contribution in [0.3, 0.4) is 0 Å². The van der Waals surface area contributed by atoms with Crippen molar-refractivity contribution in [1.29, 1.82) is 0 Å². The average molecular weight is 276 g/mol. The molecule has 1 aromatic carbocycles. The fourth-order valence-electron chi connectivity index (χ4n) is 1.03. The van der Waals surface area contributed by atoms with Gasteiger partial charge in [0.25, 0.3) is 0 Å². The third-order valence-corrected chi connectivity index (χ3v) is 2.75. The van der Waals surface area contributed by atoms with Crippen LogP contribution in [0.25, 0.3) is 0 Å². The summed E-state index contributed by atoms with van der Waals surface area (Å²) in [5, 5.41) is 2.66. The van der Waals surface area contributed by atoms with Crippen molar-refractivity contribution in [2.75, 3.05) is 19.0 Å². The first-order valence-corrected chi connectivity index (χ1v) is 5.10. The van der Waals surface area contributed by atoms with Gasteiger partial charge in [-0.3, -0.25) is 4.79 Å². The lowest BCUT2D eigenvalue weighted by atomic mass is 10.2. The highest BCUT2D eigenvalue weighted by molar-refractivity contribution is 9.10. The van der Waals surface area contributed by atoms with Crippen molar-refractivity contribution in [3.05, 3.63) is 28.0 Å². The number of hydrogen-bond acceptors (Lipinski definition) is 3. The number of carbonyl (C=O) groups excluding carboxylic acids is 1. The molecule has 1 rings (SSSR count). The van der Waals surface area contributed by atoms with Crippen LogP contribution in [0.1, 0.15) is 5.56 Å². The Hall–Kier alpha value is -1.10. The van der Waals surface area contributed by atoms with Crippen LogP contribution >= 0.6 is 15.9 Å². The summed E-state index contributed by atoms with van der Waals surface area (Å²) < 4.78 is 18.5. The number of carbonyl (C=O) groups is 1. The predicted molar refractivity (Wildman–Crippen MR) is 59.3 cm³/mol. The highest BCUT2D eigenvalue weighted by Gasteiger charge is 2.07. The van der Waals surface area contributed by atoms with Crippen LogP contribution in [-0.4, -0.2) is 19.6 Å². The zero-order valence-electron chi connectivity index (χ0n) is 8.43. The molecular weight excluding hydrogens is 265 g/mol. The molecule has 1 N–H and O–H groups in total. The van der Waals surface area contributed by atoms with Gasteiger partial charge in [-0.1, -0.05) is 15.9 Å². The summed E-state index contributed by atoms with van der Waals surface area (Å²) in [6, 6.07) is 2.98. The Morgan fingerprint density at radius 1 is 1.60 bits per heavy atom. The number of hydrogen-bond donors (Lipinski definition) is 1. The van der Waals surface area contributed by atoms with E-state index in [1.807, 2.05) is 6.92 Å². The van der Waals surface area contributed by atoms with E-state index in [1.165, 1.54) is 13.2 Å². The molecule has 0 saturated heterocycles. The Kier molecular flexibility index (Phi) is 4.08. The Labute approximate surface area is 95.7 Å². The van der Waals surface area contributed by atoms with Crippen LogP contribution < -0.4 is 5.32 Å². The van der Waals surface area contributed by atoms with Gasteiger partial charge in [0, 0.05) is 4.47 Å². The van der Waals surface area contributed by atoms with Crippen molar-refractivity contribution in [3.8, 4) is 0 Å². The molecule has 0 aromatic heterocycles. The van der Waals surface area contributed by atoms with Crippen molar-refractivity contribution in [2.45, 2.75) is 6.92 Å². The average Bonchev–Trinajstić information content (AvgIpc) is 2.21. The molecule has 0 bridgehead atoms. The van der Waals surface area contributed by atoms with Crippen LogP contribution in [0, 0.1) is 12.7 Å². The third-order valence-electron chi connectivity index (χ3n) is 1.90. The highest BCUT2D eigenvalue weighted by atomic mass is 79.9. The van der Waals surface area contributed by atoms with Gasteiger partial charge < -0.3 is 10.1 Å². The molecule has 15 heavy (non-hydrogen) atoms. The molecular formula is C10H11BrFNO2. The van der Waals surface area contributed by atoms with E-state index < -0.39 is 11.8 Å². The third kappa shape index (κ3) is 3.20. The second-order valence-electron chi connectivity index (χ2n) is 3.01. The van der Waals surface area contributed by atoms with Gasteiger partial charge in [-0.05, 0) is 24.6 Å². The zero-order chi connectivity index (χ0) is 11.4. The summed E-state index contributed by atoms with van der Waals surface area (Å²) in [6.45, 7) is 1.79. The molecule has 3 nitrogen and oxygen atoms in total. The van der Waals surface area contributed by atoms with Crippen molar-refractivity contribution in [3.63, 3.8) is 0 Å². The minimum absolute atomic E-state index is 0.0471. The van der Waals surface area contributed by atoms with Gasteiger partial charge >= 0.3 is 5.97 Å². The molecule has 0 saturated carbocycles. The summed E-state index contributed by atoms with van der Waals surface area (Å²) in [6.07, 6.45) is 0. The normalized spacial score (nSPS) is 9.87. The van der Waals surface area contributed by atoms with Crippen LogP contribution in [0.5, 0.6) is 0 Å². The summed E-state index contributed by atoms with van der Waals surface area (Å²) >= 11 is 3.21. The number of rotatable bonds is 3. The van der Waals surface area contributed by atoms with Gasteiger partial charge in [0.1, 0.15) is 12.4 Å². The maximum Gasteiger partial charge on any atom is 0.325 e. The molecule has 0 heterocycles. The summed E-state index contributed by atoms with van der Waals surface area (Å²) in [7, 11) is 1.28. The van der Waals surface area contributed by atoms with E-state index in [-0.39, 0.29) is 6.54 Å². The number of halogens is 2. The Morgan fingerprint density at radius 3 is 2.87 bits per heavy atom. The number of esters is 1. The summed E-state index contributed by atoms with van der Waals surface area (Å²) in [4.78, 5) is 10.8. The van der Waals surface area contributed by atoms with E-state index in [2.05, 4.69) is 26.0 Å². The Morgan fingerprint density at radius 2 is 2.27 bits per heavy atom. The van der Waals surface area contributed by atoms with Crippen molar-refractivity contribution in [2.24, 2.45) is 0 Å². The SMILES string of the molecule is COC(=O)CNc1cc(C)c(Br)cc1F. The number of aryl methyl sites for hydroxylation is 1. The van der Waals surface area contributed by atoms with Gasteiger partial charge in [0.15, 0.2) is 0 Å². The molecule has 0 aliphatic rings. The highest BCUT2D eigenvalue weighted by Crippen LogP contribution is 2.23. The maximum absolute atomic E-state index is 13.3. The molecule has 0 atom stereocenters. The number of ether oxygens (including phenoxy) is 1. The van der Waals surface area contributed by atoms with Gasteiger partial charge in [-0.15, -0.1) is 0 Å². The molecule has 0 fully saturated rings. The van der Waals surface area contributed by atoms with Crippen LogP contribution in [0.2, 0.25) is 0 Å². The van der Waals surface area contributed by atoms with Gasteiger partial charge in [0.2, 0.25) is 0 Å². The number of benzene rings is 1. The topological polar surface area (TPSA) is 38.3 Å².